The fourth-order valence-corrected chi connectivity index (χ4v) is 2.20. The van der Waals surface area contributed by atoms with Gasteiger partial charge in [-0.1, -0.05) is 12.1 Å². The van der Waals surface area contributed by atoms with Gasteiger partial charge in [0.2, 0.25) is 5.89 Å². The molecule has 0 radical (unpaired) electrons. The fraction of sp³-hybridized carbons (Fsp3) is 0.0714. The number of carbonyl (C=O) groups excluding carboxylic acids is 1. The Balaban J connectivity index is 2.20. The third kappa shape index (κ3) is 2.18. The second-order valence-corrected chi connectivity index (χ2v) is 4.84. The van der Waals surface area contributed by atoms with Crippen LogP contribution in [0.25, 0.3) is 22.6 Å². The maximum atomic E-state index is 11.8. The lowest BCUT2D eigenvalue weighted by Crippen LogP contribution is -2.04. The minimum atomic E-state index is -0.467. The van der Waals surface area contributed by atoms with Crippen LogP contribution in [0.3, 0.4) is 0 Å². The van der Waals surface area contributed by atoms with Crippen molar-refractivity contribution < 1.29 is 13.9 Å². The number of hydrogen-bond donors (Lipinski definition) is 0. The number of nitrogens with zero attached hydrogens (tertiary/aromatic N) is 2. The molecule has 0 aliphatic heterocycles. The molecular weight excluding hydrogens is 324 g/mol. The first kappa shape index (κ1) is 12.8. The summed E-state index contributed by atoms with van der Waals surface area (Å²) in [6.07, 6.45) is 1.53. The summed E-state index contributed by atoms with van der Waals surface area (Å²) in [7, 11) is 1.33. The van der Waals surface area contributed by atoms with Gasteiger partial charge in [0.05, 0.1) is 18.2 Å². The van der Waals surface area contributed by atoms with Gasteiger partial charge in [-0.05, 0) is 34.1 Å². The molecule has 0 N–H and O–H groups in total. The summed E-state index contributed by atoms with van der Waals surface area (Å²) in [6.45, 7) is 0. The first-order valence-electron chi connectivity index (χ1n) is 5.79. The van der Waals surface area contributed by atoms with Crippen LogP contribution in [0.5, 0.6) is 0 Å². The van der Waals surface area contributed by atoms with Crippen LogP contribution in [-0.2, 0) is 4.74 Å². The van der Waals surface area contributed by atoms with E-state index in [0.29, 0.717) is 27.2 Å². The fourth-order valence-electron chi connectivity index (χ4n) is 1.87. The van der Waals surface area contributed by atoms with Crippen molar-refractivity contribution in [2.24, 2.45) is 0 Å². The number of oxazole rings is 1. The molecule has 0 aliphatic rings. The van der Waals surface area contributed by atoms with E-state index >= 15 is 0 Å². The number of carbonyl (C=O) groups is 1. The number of aromatic nitrogens is 2. The molecule has 0 atom stereocenters. The van der Waals surface area contributed by atoms with Crippen molar-refractivity contribution in [3.63, 3.8) is 0 Å². The Labute approximate surface area is 122 Å². The molecule has 0 bridgehead atoms. The molecule has 0 spiro atoms. The number of ether oxygens (including phenoxy) is 1. The van der Waals surface area contributed by atoms with Gasteiger partial charge in [-0.2, -0.15) is 0 Å². The number of pyridine rings is 1. The standard InChI is InChI=1S/C14H9BrN2O3/c1-19-14(18)8-6-12(15)16-7-9(8)13-17-10-4-2-3-5-11(10)20-13/h2-7H,1H3. The molecule has 6 heteroatoms. The molecule has 0 saturated heterocycles. The summed E-state index contributed by atoms with van der Waals surface area (Å²) in [5.74, 6) is -0.128. The smallest absolute Gasteiger partial charge is 0.338 e. The van der Waals surface area contributed by atoms with E-state index in [1.165, 1.54) is 13.3 Å². The summed E-state index contributed by atoms with van der Waals surface area (Å²) < 4.78 is 11.0. The summed E-state index contributed by atoms with van der Waals surface area (Å²) >= 11 is 3.23. The van der Waals surface area contributed by atoms with Gasteiger partial charge in [-0.25, -0.2) is 14.8 Å². The molecule has 0 saturated carbocycles. The number of halogens is 1. The topological polar surface area (TPSA) is 65.2 Å². The Morgan fingerprint density at radius 2 is 2.15 bits per heavy atom. The molecule has 100 valence electrons. The van der Waals surface area contributed by atoms with Crippen molar-refractivity contribution in [2.75, 3.05) is 7.11 Å². The highest BCUT2D eigenvalue weighted by Crippen LogP contribution is 2.28. The van der Waals surface area contributed by atoms with Crippen LogP contribution in [0, 0.1) is 0 Å². The van der Waals surface area contributed by atoms with Crippen molar-refractivity contribution in [3.05, 3.63) is 46.7 Å². The Hall–Kier alpha value is -2.21. The van der Waals surface area contributed by atoms with E-state index in [9.17, 15) is 4.79 Å². The molecule has 0 unspecified atom stereocenters. The highest BCUT2D eigenvalue weighted by molar-refractivity contribution is 9.10. The average molecular weight is 333 g/mol. The number of esters is 1. The zero-order chi connectivity index (χ0) is 14.1. The van der Waals surface area contributed by atoms with E-state index in [2.05, 4.69) is 25.9 Å². The predicted molar refractivity (Wildman–Crippen MR) is 76.3 cm³/mol. The van der Waals surface area contributed by atoms with Gasteiger partial charge < -0.3 is 9.15 Å². The number of hydrogen-bond acceptors (Lipinski definition) is 5. The molecule has 3 aromatic rings. The molecule has 0 aliphatic carbocycles. The maximum Gasteiger partial charge on any atom is 0.338 e. The minimum Gasteiger partial charge on any atom is -0.465 e. The molecule has 20 heavy (non-hydrogen) atoms. The Kier molecular flexibility index (Phi) is 3.23. The number of rotatable bonds is 2. The molecule has 5 nitrogen and oxygen atoms in total. The number of para-hydroxylation sites is 2. The van der Waals surface area contributed by atoms with Gasteiger partial charge in [-0.3, -0.25) is 0 Å². The molecule has 0 fully saturated rings. The predicted octanol–water partition coefficient (Wildman–Crippen LogP) is 3.44. The zero-order valence-corrected chi connectivity index (χ0v) is 12.0. The average Bonchev–Trinajstić information content (AvgIpc) is 2.90. The summed E-state index contributed by atoms with van der Waals surface area (Å²) in [5, 5.41) is 0. The Bertz CT molecular complexity index is 765. The van der Waals surface area contributed by atoms with Crippen LogP contribution < -0.4 is 0 Å². The van der Waals surface area contributed by atoms with Crippen LogP contribution in [0.15, 0.2) is 45.5 Å². The molecule has 1 aromatic carbocycles. The molecule has 2 heterocycles. The second kappa shape index (κ2) is 5.05. The quantitative estimate of drug-likeness (QED) is 0.531. The normalized spacial score (nSPS) is 10.7. The van der Waals surface area contributed by atoms with Crippen molar-refractivity contribution in [2.45, 2.75) is 0 Å². The number of benzene rings is 1. The number of fused-ring (bicyclic) bond motifs is 1. The number of methoxy groups -OCH3 is 1. The maximum absolute atomic E-state index is 11.8. The molecule has 0 amide bonds. The van der Waals surface area contributed by atoms with Crippen molar-refractivity contribution in [1.82, 2.24) is 9.97 Å². The van der Waals surface area contributed by atoms with Crippen molar-refractivity contribution in [1.29, 1.82) is 0 Å². The van der Waals surface area contributed by atoms with Crippen LogP contribution in [0.1, 0.15) is 10.4 Å². The van der Waals surface area contributed by atoms with Crippen LogP contribution in [0.2, 0.25) is 0 Å². The van der Waals surface area contributed by atoms with E-state index in [1.54, 1.807) is 6.07 Å². The van der Waals surface area contributed by atoms with Crippen molar-refractivity contribution >= 4 is 33.0 Å². The van der Waals surface area contributed by atoms with Gasteiger partial charge in [0, 0.05) is 6.20 Å². The van der Waals surface area contributed by atoms with Crippen LogP contribution >= 0.6 is 15.9 Å². The highest BCUT2D eigenvalue weighted by Gasteiger charge is 2.18. The SMILES string of the molecule is COC(=O)c1cc(Br)ncc1-c1nc2ccccc2o1. The Morgan fingerprint density at radius 1 is 1.35 bits per heavy atom. The van der Waals surface area contributed by atoms with Gasteiger partial charge >= 0.3 is 5.97 Å². The lowest BCUT2D eigenvalue weighted by Gasteiger charge is -2.04. The largest absolute Gasteiger partial charge is 0.465 e. The highest BCUT2D eigenvalue weighted by atomic mass is 79.9. The third-order valence-electron chi connectivity index (χ3n) is 2.80. The van der Waals surface area contributed by atoms with E-state index in [1.807, 2.05) is 24.3 Å². The lowest BCUT2D eigenvalue weighted by atomic mass is 10.1. The second-order valence-electron chi connectivity index (χ2n) is 4.03. The van der Waals surface area contributed by atoms with Gasteiger partial charge in [0.25, 0.3) is 0 Å². The van der Waals surface area contributed by atoms with Crippen LogP contribution in [0.4, 0.5) is 0 Å². The first-order valence-corrected chi connectivity index (χ1v) is 6.58. The van der Waals surface area contributed by atoms with E-state index in [0.717, 1.165) is 5.52 Å². The molecular formula is C14H9BrN2O3. The van der Waals surface area contributed by atoms with E-state index in [-0.39, 0.29) is 0 Å². The van der Waals surface area contributed by atoms with Gasteiger partial charge in [0.1, 0.15) is 10.1 Å². The monoisotopic (exact) mass is 332 g/mol. The molecule has 2 aromatic heterocycles. The zero-order valence-electron chi connectivity index (χ0n) is 10.5. The molecule has 3 rings (SSSR count). The van der Waals surface area contributed by atoms with Crippen LogP contribution in [-0.4, -0.2) is 23.0 Å². The Morgan fingerprint density at radius 3 is 2.90 bits per heavy atom. The summed E-state index contributed by atoms with van der Waals surface area (Å²) in [6, 6.07) is 8.96. The minimum absolute atomic E-state index is 0.339. The summed E-state index contributed by atoms with van der Waals surface area (Å²) in [4.78, 5) is 20.3. The third-order valence-corrected chi connectivity index (χ3v) is 3.23. The van der Waals surface area contributed by atoms with Gasteiger partial charge in [0.15, 0.2) is 5.58 Å². The lowest BCUT2D eigenvalue weighted by molar-refractivity contribution is 0.0601. The van der Waals surface area contributed by atoms with Crippen molar-refractivity contribution in [3.8, 4) is 11.5 Å². The van der Waals surface area contributed by atoms with E-state index < -0.39 is 5.97 Å². The van der Waals surface area contributed by atoms with Gasteiger partial charge in [-0.15, -0.1) is 0 Å². The van der Waals surface area contributed by atoms with E-state index in [4.69, 9.17) is 9.15 Å². The first-order chi connectivity index (χ1) is 9.69. The summed E-state index contributed by atoms with van der Waals surface area (Å²) in [5.41, 5.74) is 2.22.